The Hall–Kier alpha value is -1.83. The van der Waals surface area contributed by atoms with Gasteiger partial charge in [0, 0.05) is 15.6 Å². The van der Waals surface area contributed by atoms with E-state index >= 15 is 0 Å². The van der Waals surface area contributed by atoms with Crippen molar-refractivity contribution in [3.8, 4) is 0 Å². The molecule has 3 aliphatic rings. The summed E-state index contributed by atoms with van der Waals surface area (Å²) in [6.45, 7) is 11.7. The molecule has 4 rings (SSSR count). The number of rotatable bonds is 3. The summed E-state index contributed by atoms with van der Waals surface area (Å²) in [5.74, 6) is 0.723. The molecule has 0 saturated heterocycles. The predicted octanol–water partition coefficient (Wildman–Crippen LogP) is 5.71. The van der Waals surface area contributed by atoms with Gasteiger partial charge < -0.3 is 15.5 Å². The van der Waals surface area contributed by atoms with Crippen molar-refractivity contribution in [2.45, 2.75) is 63.3 Å². The smallest absolute Gasteiger partial charge is 0.311 e. The number of hydrogen-bond acceptors (Lipinski definition) is 3. The highest BCUT2D eigenvalue weighted by Gasteiger charge is 2.54. The molecule has 3 amide bonds. The Morgan fingerprint density at radius 3 is 2.41 bits per heavy atom. The Morgan fingerprint density at radius 2 is 1.81 bits per heavy atom. The topological polar surface area (TPSA) is 73.8 Å². The maximum absolute atomic E-state index is 13.3. The minimum atomic E-state index is -1.69. The summed E-state index contributed by atoms with van der Waals surface area (Å²) in [5, 5.41) is 6.72. The van der Waals surface area contributed by atoms with Crippen molar-refractivity contribution in [3.05, 3.63) is 39.4 Å². The third kappa shape index (κ3) is 3.68. The second-order valence-corrected chi connectivity index (χ2v) is 16.8. The van der Waals surface area contributed by atoms with Crippen molar-refractivity contribution in [2.75, 3.05) is 18.4 Å². The van der Waals surface area contributed by atoms with Crippen molar-refractivity contribution in [1.29, 1.82) is 0 Å². The molecule has 6 nitrogen and oxygen atoms in total. The fraction of sp³-hybridized carbons (Fsp3) is 0.522. The van der Waals surface area contributed by atoms with Crippen LogP contribution in [0.4, 0.5) is 10.5 Å². The van der Waals surface area contributed by atoms with Crippen molar-refractivity contribution in [1.82, 2.24) is 10.2 Å². The number of nitrogens with zero attached hydrogens (tertiary/aromatic N) is 2. The minimum Gasteiger partial charge on any atom is -0.311 e. The first kappa shape index (κ1) is 23.3. The Kier molecular flexibility index (Phi) is 5.75. The summed E-state index contributed by atoms with van der Waals surface area (Å²) < 4.78 is 0. The van der Waals surface area contributed by atoms with Crippen molar-refractivity contribution >= 4 is 54.7 Å². The average Bonchev–Trinajstić information content (AvgIpc) is 3.14. The predicted molar refractivity (Wildman–Crippen MR) is 134 cm³/mol. The monoisotopic (exact) mass is 492 g/mol. The maximum Gasteiger partial charge on any atom is 0.322 e. The zero-order valence-electron chi connectivity index (χ0n) is 19.2. The summed E-state index contributed by atoms with van der Waals surface area (Å²) in [6.07, 6.45) is 3.01. The quantitative estimate of drug-likeness (QED) is 0.530. The van der Waals surface area contributed by atoms with Crippen LogP contribution in [0.5, 0.6) is 0 Å². The van der Waals surface area contributed by atoms with Gasteiger partial charge in [-0.05, 0) is 50.5 Å². The molecule has 0 aromatic heterocycles. The Morgan fingerprint density at radius 1 is 1.12 bits per heavy atom. The van der Waals surface area contributed by atoms with Gasteiger partial charge >= 0.3 is 6.03 Å². The number of carbonyl (C=O) groups excluding carboxylic acids is 2. The maximum atomic E-state index is 13.3. The van der Waals surface area contributed by atoms with Crippen LogP contribution in [0, 0.1) is 0 Å². The summed E-state index contributed by atoms with van der Waals surface area (Å²) in [4.78, 5) is 32.9. The highest BCUT2D eigenvalue weighted by molar-refractivity contribution is 6.82. The lowest BCUT2D eigenvalue weighted by atomic mass is 9.83. The highest BCUT2D eigenvalue weighted by Crippen LogP contribution is 2.55. The van der Waals surface area contributed by atoms with Gasteiger partial charge in [0.05, 0.1) is 37.4 Å². The molecule has 0 radical (unpaired) electrons. The molecule has 1 aliphatic carbocycles. The van der Waals surface area contributed by atoms with E-state index < -0.39 is 13.6 Å². The van der Waals surface area contributed by atoms with E-state index in [0.717, 1.165) is 30.4 Å². The molecule has 1 aromatic rings. The van der Waals surface area contributed by atoms with Gasteiger partial charge in [-0.3, -0.25) is 9.79 Å². The Labute approximate surface area is 200 Å². The molecule has 0 bridgehead atoms. The second kappa shape index (κ2) is 7.89. The SMILES string of the molecule is CC1(C)C2=C(CN1C(=O)Nc1cc(Cl)ccc1Cl)C(NC(=O)C1([Si](C)(C)C)CCC1)=NC2. The first-order valence-corrected chi connectivity index (χ1v) is 15.2. The standard InChI is InChI=1S/C23H30Cl2N4O2Si/c1-22(2)16-12-26-19(28-20(30)23(9-6-10-23)32(3,4)5)15(16)13-29(22)21(31)27-18-11-14(24)7-8-17(18)25/h7-8,11H,6,9-10,12-13H2,1-5H3,(H,27,31)(H,26,28,30). The molecule has 0 unspecified atom stereocenters. The summed E-state index contributed by atoms with van der Waals surface area (Å²) in [6, 6.07) is 4.70. The molecule has 0 spiro atoms. The van der Waals surface area contributed by atoms with Crippen LogP contribution >= 0.6 is 23.2 Å². The third-order valence-electron chi connectivity index (χ3n) is 7.50. The highest BCUT2D eigenvalue weighted by atomic mass is 35.5. The van der Waals surface area contributed by atoms with E-state index in [-0.39, 0.29) is 17.0 Å². The number of aliphatic imine (C=N–C) groups is 1. The third-order valence-corrected chi connectivity index (χ3v) is 11.7. The van der Waals surface area contributed by atoms with Gasteiger partial charge in [-0.2, -0.15) is 0 Å². The van der Waals surface area contributed by atoms with Gasteiger partial charge in [0.15, 0.2) is 0 Å². The van der Waals surface area contributed by atoms with Crippen LogP contribution in [-0.2, 0) is 4.79 Å². The van der Waals surface area contributed by atoms with Gasteiger partial charge in [-0.25, -0.2) is 4.79 Å². The molecule has 172 valence electrons. The van der Waals surface area contributed by atoms with Gasteiger partial charge in [0.25, 0.3) is 0 Å². The fourth-order valence-electron chi connectivity index (χ4n) is 5.04. The Bertz CT molecular complexity index is 1050. The number of urea groups is 1. The lowest BCUT2D eigenvalue weighted by molar-refractivity contribution is -0.125. The zero-order chi connectivity index (χ0) is 23.5. The summed E-state index contributed by atoms with van der Waals surface area (Å²) >= 11 is 12.3. The molecular weight excluding hydrogens is 463 g/mol. The number of anilines is 1. The van der Waals surface area contributed by atoms with Crippen molar-refractivity contribution < 1.29 is 9.59 Å². The van der Waals surface area contributed by atoms with E-state index in [4.69, 9.17) is 23.2 Å². The number of hydrogen-bond donors (Lipinski definition) is 2. The second-order valence-electron chi connectivity index (χ2n) is 10.5. The van der Waals surface area contributed by atoms with Crippen LogP contribution in [0.1, 0.15) is 33.1 Å². The first-order valence-electron chi connectivity index (χ1n) is 11.0. The van der Waals surface area contributed by atoms with Crippen LogP contribution in [-0.4, -0.2) is 49.4 Å². The summed E-state index contributed by atoms with van der Waals surface area (Å²) in [7, 11) is -1.69. The van der Waals surface area contributed by atoms with Gasteiger partial charge in [-0.1, -0.05) is 49.3 Å². The van der Waals surface area contributed by atoms with Crippen LogP contribution in [0.25, 0.3) is 0 Å². The molecule has 2 aliphatic heterocycles. The van der Waals surface area contributed by atoms with Crippen molar-refractivity contribution in [2.24, 2.45) is 4.99 Å². The lowest BCUT2D eigenvalue weighted by Crippen LogP contribution is -2.55. The molecule has 1 aromatic carbocycles. The normalized spacial score (nSPS) is 21.1. The minimum absolute atomic E-state index is 0.0989. The van der Waals surface area contributed by atoms with Gasteiger partial charge in [0.2, 0.25) is 5.91 Å². The van der Waals surface area contributed by atoms with Crippen LogP contribution in [0.3, 0.4) is 0 Å². The first-order chi connectivity index (χ1) is 14.9. The van der Waals surface area contributed by atoms with E-state index in [1.54, 1.807) is 23.1 Å². The molecule has 2 N–H and O–H groups in total. The molecule has 0 atom stereocenters. The number of halogens is 2. The molecule has 1 fully saturated rings. The van der Waals surface area contributed by atoms with Gasteiger partial charge in [0.1, 0.15) is 5.84 Å². The van der Waals surface area contributed by atoms with Crippen LogP contribution in [0.2, 0.25) is 34.7 Å². The molecule has 32 heavy (non-hydrogen) atoms. The van der Waals surface area contributed by atoms with Crippen molar-refractivity contribution in [3.63, 3.8) is 0 Å². The summed E-state index contributed by atoms with van der Waals surface area (Å²) in [5.41, 5.74) is 1.95. The largest absolute Gasteiger partial charge is 0.322 e. The van der Waals surface area contributed by atoms with E-state index in [2.05, 4.69) is 35.3 Å². The average molecular weight is 494 g/mol. The van der Waals surface area contributed by atoms with E-state index in [1.807, 2.05) is 13.8 Å². The molecule has 9 heteroatoms. The number of carbonyl (C=O) groups is 2. The lowest BCUT2D eigenvalue weighted by Gasteiger charge is -2.49. The Balaban J connectivity index is 1.51. The number of amides is 3. The van der Waals surface area contributed by atoms with E-state index in [0.29, 0.717) is 34.7 Å². The number of benzene rings is 1. The molecular formula is C23H30Cl2N4O2Si. The zero-order valence-corrected chi connectivity index (χ0v) is 21.7. The number of nitrogens with one attached hydrogen (secondary N) is 2. The van der Waals surface area contributed by atoms with Gasteiger partial charge in [-0.15, -0.1) is 0 Å². The van der Waals surface area contributed by atoms with E-state index in [1.165, 1.54) is 0 Å². The van der Waals surface area contributed by atoms with E-state index in [9.17, 15) is 9.59 Å². The molecule has 2 heterocycles. The fourth-order valence-corrected chi connectivity index (χ4v) is 7.97. The number of amidine groups is 1. The van der Waals surface area contributed by atoms with Crippen LogP contribution < -0.4 is 10.6 Å². The van der Waals surface area contributed by atoms with Crippen LogP contribution in [0.15, 0.2) is 34.3 Å². The molecule has 1 saturated carbocycles.